The van der Waals surface area contributed by atoms with Crippen molar-refractivity contribution in [2.75, 3.05) is 47.5 Å². The van der Waals surface area contributed by atoms with E-state index in [0.717, 1.165) is 57.8 Å². The van der Waals surface area contributed by atoms with Gasteiger partial charge in [-0.3, -0.25) is 9.59 Å². The van der Waals surface area contributed by atoms with Crippen LogP contribution in [-0.4, -0.2) is 82.3 Å². The fraction of sp³-hybridized carbons (Fsp3) is 0.883. The Balaban J connectivity index is 3.97. The first-order valence-electron chi connectivity index (χ1n) is 37.6. The molecule has 0 aliphatic carbocycles. The normalized spacial score (nSPS) is 12.8. The molecule has 0 spiro atoms. The first-order valence-corrected chi connectivity index (χ1v) is 37.6. The summed E-state index contributed by atoms with van der Waals surface area (Å²) in [6, 6.07) is 0. The quantitative estimate of drug-likeness (QED) is 0.0195. The van der Waals surface area contributed by atoms with E-state index in [4.69, 9.17) is 18.9 Å². The summed E-state index contributed by atoms with van der Waals surface area (Å²) in [4.78, 5) is 37.5. The summed E-state index contributed by atoms with van der Waals surface area (Å²) in [7, 11) is 5.94. The van der Waals surface area contributed by atoms with Gasteiger partial charge in [0.05, 0.1) is 40.3 Å². The van der Waals surface area contributed by atoms with Crippen LogP contribution in [-0.2, 0) is 33.3 Å². The molecule has 0 fully saturated rings. The van der Waals surface area contributed by atoms with Gasteiger partial charge in [0.2, 0.25) is 0 Å². The zero-order chi connectivity index (χ0) is 62.6. The van der Waals surface area contributed by atoms with Crippen LogP contribution < -0.4 is 5.11 Å². The molecule has 2 atom stereocenters. The van der Waals surface area contributed by atoms with Crippen LogP contribution in [0, 0.1) is 0 Å². The van der Waals surface area contributed by atoms with Gasteiger partial charge in [-0.25, -0.2) is 0 Å². The number of carboxylic acids is 1. The van der Waals surface area contributed by atoms with Gasteiger partial charge in [-0.15, -0.1) is 0 Å². The number of unbranched alkanes of at least 4 members (excludes halogenated alkanes) is 50. The van der Waals surface area contributed by atoms with Gasteiger partial charge in [-0.2, -0.15) is 0 Å². The largest absolute Gasteiger partial charge is 0.545 e. The van der Waals surface area contributed by atoms with Gasteiger partial charge in [0.25, 0.3) is 0 Å². The van der Waals surface area contributed by atoms with E-state index < -0.39 is 24.3 Å². The molecule has 2 unspecified atom stereocenters. The molecule has 506 valence electrons. The summed E-state index contributed by atoms with van der Waals surface area (Å²) in [5.41, 5.74) is 0. The van der Waals surface area contributed by atoms with Crippen molar-refractivity contribution in [3.05, 3.63) is 36.5 Å². The van der Waals surface area contributed by atoms with Gasteiger partial charge < -0.3 is 33.3 Å². The summed E-state index contributed by atoms with van der Waals surface area (Å²) >= 11 is 0. The third-order valence-corrected chi connectivity index (χ3v) is 17.1. The average Bonchev–Trinajstić information content (AvgIpc) is 3.64. The lowest BCUT2D eigenvalue weighted by Crippen LogP contribution is -2.44. The van der Waals surface area contributed by atoms with Gasteiger partial charge in [-0.05, 0) is 51.4 Å². The highest BCUT2D eigenvalue weighted by Gasteiger charge is 2.22. The molecule has 0 aliphatic rings. The van der Waals surface area contributed by atoms with Crippen molar-refractivity contribution in [2.45, 2.75) is 392 Å². The van der Waals surface area contributed by atoms with Gasteiger partial charge in [-0.1, -0.05) is 352 Å². The number of hydrogen-bond donors (Lipinski definition) is 0. The van der Waals surface area contributed by atoms with Crippen molar-refractivity contribution >= 4 is 17.9 Å². The highest BCUT2D eigenvalue weighted by molar-refractivity contribution is 5.70. The van der Waals surface area contributed by atoms with E-state index in [0.29, 0.717) is 23.9 Å². The van der Waals surface area contributed by atoms with E-state index in [1.165, 1.54) is 289 Å². The lowest BCUT2D eigenvalue weighted by molar-refractivity contribution is -0.870. The monoisotopic (exact) mass is 1210 g/mol. The van der Waals surface area contributed by atoms with Crippen molar-refractivity contribution in [1.82, 2.24) is 0 Å². The number of hydrogen-bond acceptors (Lipinski definition) is 8. The standard InChI is InChI=1S/C77H145NO8/c1-6-8-10-12-14-16-18-20-22-24-26-28-30-31-32-33-34-35-36-37-38-39-40-41-42-43-44-46-47-49-51-53-55-57-59-61-63-65-67-74(79)84-71-73(72-85-77(76(81)82)83-70-69-78(3,4)5)86-75(80)68-66-64-62-60-58-56-54-52-50-48-45-29-27-25-23-21-19-17-15-13-11-9-7-2/h19,21,25,27,45,48,73,77H,6-18,20,22-24,26,28-44,46-47,49-72H2,1-5H3/b21-19-,27-25-,48-45-. The molecule has 0 heterocycles. The molecule has 0 saturated carbocycles. The van der Waals surface area contributed by atoms with Crippen molar-refractivity contribution in [3.8, 4) is 0 Å². The summed E-state index contributed by atoms with van der Waals surface area (Å²) in [6.07, 6.45) is 84.1. The Labute approximate surface area is 534 Å². The number of aliphatic carboxylic acids is 1. The molecule has 86 heavy (non-hydrogen) atoms. The van der Waals surface area contributed by atoms with Crippen molar-refractivity contribution in [2.24, 2.45) is 0 Å². The van der Waals surface area contributed by atoms with Gasteiger partial charge in [0, 0.05) is 12.8 Å². The van der Waals surface area contributed by atoms with Crippen LogP contribution in [0.2, 0.25) is 0 Å². The van der Waals surface area contributed by atoms with Crippen molar-refractivity contribution < 1.29 is 42.9 Å². The molecule has 0 saturated heterocycles. The van der Waals surface area contributed by atoms with E-state index in [1.54, 1.807) is 0 Å². The van der Waals surface area contributed by atoms with Crippen molar-refractivity contribution in [3.63, 3.8) is 0 Å². The minimum Gasteiger partial charge on any atom is -0.545 e. The second-order valence-corrected chi connectivity index (χ2v) is 27.0. The summed E-state index contributed by atoms with van der Waals surface area (Å²) < 4.78 is 22.8. The molecule has 0 N–H and O–H groups in total. The minimum atomic E-state index is -1.62. The molecular formula is C77H145NO8. The van der Waals surface area contributed by atoms with E-state index in [9.17, 15) is 19.5 Å². The molecule has 0 aliphatic heterocycles. The van der Waals surface area contributed by atoms with E-state index >= 15 is 0 Å². The Morgan fingerprint density at radius 2 is 0.628 bits per heavy atom. The number of allylic oxidation sites excluding steroid dienone is 6. The summed E-state index contributed by atoms with van der Waals surface area (Å²) in [6.45, 7) is 4.79. The minimum absolute atomic E-state index is 0.148. The van der Waals surface area contributed by atoms with Gasteiger partial charge in [0.15, 0.2) is 12.4 Å². The fourth-order valence-electron chi connectivity index (χ4n) is 11.4. The lowest BCUT2D eigenvalue weighted by Gasteiger charge is -2.26. The number of carbonyl (C=O) groups excluding carboxylic acids is 3. The second-order valence-electron chi connectivity index (χ2n) is 27.0. The Morgan fingerprint density at radius 3 is 0.930 bits per heavy atom. The number of esters is 2. The SMILES string of the molecule is CCCCCCC/C=C\C/C=C\C/C=C\CCCCCCCCCCC(=O)OC(COC(=O)CCCCCCCCCCCCCCCCCCCCCCCCCCCCCCCCCCCCCCCC)COC(OCC[N+](C)(C)C)C(=O)[O-]. The third kappa shape index (κ3) is 69.0. The molecule has 0 radical (unpaired) electrons. The predicted octanol–water partition coefficient (Wildman–Crippen LogP) is 22.2. The van der Waals surface area contributed by atoms with Crippen LogP contribution in [0.4, 0.5) is 0 Å². The Bertz CT molecular complexity index is 1500. The molecule has 0 aromatic heterocycles. The second kappa shape index (κ2) is 68.4. The molecule has 0 rings (SSSR count). The summed E-state index contributed by atoms with van der Waals surface area (Å²) in [5.74, 6) is -2.27. The van der Waals surface area contributed by atoms with Crippen LogP contribution in [0.3, 0.4) is 0 Å². The topological polar surface area (TPSA) is 111 Å². The Kier molecular flexibility index (Phi) is 66.4. The molecule has 0 amide bonds. The molecule has 0 aromatic carbocycles. The molecule has 0 aromatic rings. The summed E-state index contributed by atoms with van der Waals surface area (Å²) in [5, 5.41) is 11.8. The average molecular weight is 1210 g/mol. The number of ether oxygens (including phenoxy) is 4. The number of likely N-dealkylation sites (N-methyl/N-ethyl adjacent to an activating group) is 1. The van der Waals surface area contributed by atoms with E-state index in [1.807, 2.05) is 21.1 Å². The molecule has 9 nitrogen and oxygen atoms in total. The molecule has 0 bridgehead atoms. The molecule has 9 heteroatoms. The Morgan fingerprint density at radius 1 is 0.349 bits per heavy atom. The van der Waals surface area contributed by atoms with Crippen LogP contribution in [0.1, 0.15) is 380 Å². The number of carboxylic acid groups (broad SMARTS) is 1. The van der Waals surface area contributed by atoms with Crippen LogP contribution in [0.25, 0.3) is 0 Å². The first-order chi connectivity index (χ1) is 42.1. The van der Waals surface area contributed by atoms with Crippen molar-refractivity contribution in [1.29, 1.82) is 0 Å². The maximum Gasteiger partial charge on any atom is 0.306 e. The third-order valence-electron chi connectivity index (χ3n) is 17.1. The number of quaternary nitrogens is 1. The highest BCUT2D eigenvalue weighted by atomic mass is 16.7. The maximum atomic E-state index is 12.9. The molecular weight excluding hydrogens is 1070 g/mol. The fourth-order valence-corrected chi connectivity index (χ4v) is 11.4. The van der Waals surface area contributed by atoms with Crippen LogP contribution >= 0.6 is 0 Å². The van der Waals surface area contributed by atoms with Gasteiger partial charge >= 0.3 is 11.9 Å². The number of nitrogens with zero attached hydrogens (tertiary/aromatic N) is 1. The van der Waals surface area contributed by atoms with Crippen LogP contribution in [0.5, 0.6) is 0 Å². The number of carbonyl (C=O) groups is 3. The zero-order valence-corrected chi connectivity index (χ0v) is 58.0. The van der Waals surface area contributed by atoms with E-state index in [-0.39, 0.29) is 32.2 Å². The Hall–Kier alpha value is -2.49. The zero-order valence-electron chi connectivity index (χ0n) is 58.0. The lowest BCUT2D eigenvalue weighted by atomic mass is 10.0. The maximum absolute atomic E-state index is 12.9. The number of rotatable bonds is 71. The predicted molar refractivity (Wildman–Crippen MR) is 366 cm³/mol. The smallest absolute Gasteiger partial charge is 0.306 e. The van der Waals surface area contributed by atoms with Gasteiger partial charge in [0.1, 0.15) is 13.2 Å². The first kappa shape index (κ1) is 83.5. The van der Waals surface area contributed by atoms with Crippen LogP contribution in [0.15, 0.2) is 36.5 Å². The van der Waals surface area contributed by atoms with E-state index in [2.05, 4.69) is 50.3 Å². The highest BCUT2D eigenvalue weighted by Crippen LogP contribution is 2.19.